The lowest BCUT2D eigenvalue weighted by Gasteiger charge is -2.15. The van der Waals surface area contributed by atoms with E-state index in [4.69, 9.17) is 4.74 Å². The van der Waals surface area contributed by atoms with Crippen molar-refractivity contribution in [3.8, 4) is 5.75 Å². The predicted molar refractivity (Wildman–Crippen MR) is 97.2 cm³/mol. The van der Waals surface area contributed by atoms with Crippen LogP contribution in [0.1, 0.15) is 37.7 Å². The van der Waals surface area contributed by atoms with Crippen molar-refractivity contribution < 1.29 is 4.74 Å². The van der Waals surface area contributed by atoms with Crippen molar-refractivity contribution in [1.29, 1.82) is 0 Å². The molecule has 0 atom stereocenters. The van der Waals surface area contributed by atoms with Gasteiger partial charge in [0.05, 0.1) is 7.11 Å². The Morgan fingerprint density at radius 1 is 1.13 bits per heavy atom. The zero-order valence-electron chi connectivity index (χ0n) is 14.4. The summed E-state index contributed by atoms with van der Waals surface area (Å²) in [4.78, 5) is 4.29. The maximum absolute atomic E-state index is 5.38. The van der Waals surface area contributed by atoms with Crippen LogP contribution in [0.5, 0.6) is 5.75 Å². The maximum Gasteiger partial charge on any atom is 0.190 e. The van der Waals surface area contributed by atoms with Gasteiger partial charge in [0.15, 0.2) is 5.96 Å². The van der Waals surface area contributed by atoms with Gasteiger partial charge in [-0.15, -0.1) is 0 Å². The third-order valence-corrected chi connectivity index (χ3v) is 4.23. The summed E-state index contributed by atoms with van der Waals surface area (Å²) < 4.78 is 5.38. The van der Waals surface area contributed by atoms with Crippen LogP contribution in [0.2, 0.25) is 0 Å². The third-order valence-electron chi connectivity index (χ3n) is 4.23. The summed E-state index contributed by atoms with van der Waals surface area (Å²) in [5, 5.41) is 6.77. The number of benzene rings is 1. The summed E-state index contributed by atoms with van der Waals surface area (Å²) in [6, 6.07) is 8.14. The molecule has 2 rings (SSSR count). The van der Waals surface area contributed by atoms with Crippen LogP contribution in [0.3, 0.4) is 0 Å². The molecule has 23 heavy (non-hydrogen) atoms. The molecule has 0 bridgehead atoms. The molecule has 0 radical (unpaired) electrons. The molecular weight excluding hydrogens is 286 g/mol. The first-order chi connectivity index (χ1) is 11.3. The Bertz CT molecular complexity index is 537. The van der Waals surface area contributed by atoms with Crippen molar-refractivity contribution in [3.63, 3.8) is 0 Å². The molecular formula is C19H29N3O. The number of rotatable bonds is 7. The van der Waals surface area contributed by atoms with Crippen LogP contribution < -0.4 is 15.4 Å². The Morgan fingerprint density at radius 2 is 1.91 bits per heavy atom. The maximum atomic E-state index is 5.38. The highest BCUT2D eigenvalue weighted by atomic mass is 16.5. The molecule has 126 valence electrons. The molecule has 0 spiro atoms. The lowest BCUT2D eigenvalue weighted by molar-refractivity contribution is 0.409. The quantitative estimate of drug-likeness (QED) is 0.461. The van der Waals surface area contributed by atoms with Gasteiger partial charge in [0.25, 0.3) is 0 Å². The van der Waals surface area contributed by atoms with Crippen molar-refractivity contribution in [1.82, 2.24) is 10.6 Å². The molecule has 4 heteroatoms. The average molecular weight is 315 g/mol. The molecule has 2 N–H and O–H groups in total. The summed E-state index contributed by atoms with van der Waals surface area (Å²) in [6.45, 7) is 1.78. The first kappa shape index (κ1) is 17.4. The van der Waals surface area contributed by atoms with E-state index < -0.39 is 0 Å². The van der Waals surface area contributed by atoms with Gasteiger partial charge in [-0.05, 0) is 50.2 Å². The number of ether oxygens (including phenoxy) is 1. The zero-order valence-corrected chi connectivity index (χ0v) is 14.4. The van der Waals surface area contributed by atoms with E-state index >= 15 is 0 Å². The fraction of sp³-hybridized carbons (Fsp3) is 0.526. The Kier molecular flexibility index (Phi) is 7.50. The van der Waals surface area contributed by atoms with Crippen LogP contribution in [-0.2, 0) is 6.42 Å². The summed E-state index contributed by atoms with van der Waals surface area (Å²) in [5.74, 6) is 1.82. The lowest BCUT2D eigenvalue weighted by atomic mass is 9.97. The molecule has 1 aromatic carbocycles. The van der Waals surface area contributed by atoms with Gasteiger partial charge in [-0.2, -0.15) is 0 Å². The molecule has 0 saturated heterocycles. The SMILES string of the molecule is CN=C(NCCC1=CCCCC1)NCCc1ccccc1OC. The molecule has 1 aromatic rings. The van der Waals surface area contributed by atoms with Crippen LogP contribution in [-0.4, -0.2) is 33.2 Å². The molecule has 1 aliphatic carbocycles. The molecule has 0 aliphatic heterocycles. The minimum Gasteiger partial charge on any atom is -0.496 e. The van der Waals surface area contributed by atoms with E-state index in [2.05, 4.69) is 27.8 Å². The Morgan fingerprint density at radius 3 is 2.61 bits per heavy atom. The van der Waals surface area contributed by atoms with Crippen molar-refractivity contribution in [2.75, 3.05) is 27.2 Å². The fourth-order valence-corrected chi connectivity index (χ4v) is 2.92. The van der Waals surface area contributed by atoms with Gasteiger partial charge in [-0.1, -0.05) is 29.8 Å². The van der Waals surface area contributed by atoms with Gasteiger partial charge >= 0.3 is 0 Å². The van der Waals surface area contributed by atoms with E-state index in [1.54, 1.807) is 12.7 Å². The van der Waals surface area contributed by atoms with Gasteiger partial charge in [0.1, 0.15) is 5.75 Å². The second-order valence-electron chi connectivity index (χ2n) is 5.85. The van der Waals surface area contributed by atoms with E-state index in [1.165, 1.54) is 31.2 Å². The highest BCUT2D eigenvalue weighted by Gasteiger charge is 2.05. The highest BCUT2D eigenvalue weighted by Crippen LogP contribution is 2.19. The zero-order chi connectivity index (χ0) is 16.3. The Balaban J connectivity index is 1.69. The first-order valence-corrected chi connectivity index (χ1v) is 8.58. The van der Waals surface area contributed by atoms with Crippen LogP contribution in [0.25, 0.3) is 0 Å². The number of aliphatic imine (C=N–C) groups is 1. The first-order valence-electron chi connectivity index (χ1n) is 8.58. The van der Waals surface area contributed by atoms with Gasteiger partial charge in [-0.25, -0.2) is 0 Å². The molecule has 1 aliphatic rings. The number of allylic oxidation sites excluding steroid dienone is 1. The van der Waals surface area contributed by atoms with E-state index in [1.807, 2.05) is 25.2 Å². The minimum atomic E-state index is 0.836. The molecule has 0 heterocycles. The van der Waals surface area contributed by atoms with Gasteiger partial charge in [-0.3, -0.25) is 4.99 Å². The smallest absolute Gasteiger partial charge is 0.190 e. The Hall–Kier alpha value is -1.97. The van der Waals surface area contributed by atoms with Crippen LogP contribution in [0, 0.1) is 0 Å². The topological polar surface area (TPSA) is 45.7 Å². The lowest BCUT2D eigenvalue weighted by Crippen LogP contribution is -2.38. The number of hydrogen-bond acceptors (Lipinski definition) is 2. The van der Waals surface area contributed by atoms with E-state index in [-0.39, 0.29) is 0 Å². The van der Waals surface area contributed by atoms with Crippen molar-refractivity contribution in [2.45, 2.75) is 38.5 Å². The summed E-state index contributed by atoms with van der Waals surface area (Å²) in [5.41, 5.74) is 2.80. The van der Waals surface area contributed by atoms with Crippen molar-refractivity contribution in [2.24, 2.45) is 4.99 Å². The van der Waals surface area contributed by atoms with E-state index in [0.29, 0.717) is 0 Å². The number of methoxy groups -OCH3 is 1. The molecule has 0 fully saturated rings. The largest absolute Gasteiger partial charge is 0.496 e. The molecule has 0 aromatic heterocycles. The number of hydrogen-bond donors (Lipinski definition) is 2. The molecule has 0 amide bonds. The standard InChI is InChI=1S/C19H29N3O/c1-20-19(21-14-12-16-8-4-3-5-9-16)22-15-13-17-10-6-7-11-18(17)23-2/h6-8,10-11H,3-5,9,12-15H2,1-2H3,(H2,20,21,22). The summed E-state index contributed by atoms with van der Waals surface area (Å²) in [6.07, 6.45) is 9.65. The van der Waals surface area contributed by atoms with Crippen molar-refractivity contribution >= 4 is 5.96 Å². The molecule has 0 unspecified atom stereocenters. The number of nitrogens with zero attached hydrogens (tertiary/aromatic N) is 1. The molecule has 0 saturated carbocycles. The van der Waals surface area contributed by atoms with Gasteiger partial charge in [0.2, 0.25) is 0 Å². The van der Waals surface area contributed by atoms with Crippen LogP contribution in [0.4, 0.5) is 0 Å². The summed E-state index contributed by atoms with van der Waals surface area (Å²) in [7, 11) is 3.53. The van der Waals surface area contributed by atoms with Crippen molar-refractivity contribution in [3.05, 3.63) is 41.5 Å². The third kappa shape index (κ3) is 5.97. The normalized spacial score (nSPS) is 15.0. The number of nitrogens with one attached hydrogen (secondary N) is 2. The second-order valence-corrected chi connectivity index (χ2v) is 5.85. The number of para-hydroxylation sites is 1. The van der Waals surface area contributed by atoms with Crippen LogP contribution in [0.15, 0.2) is 40.9 Å². The monoisotopic (exact) mass is 315 g/mol. The summed E-state index contributed by atoms with van der Waals surface area (Å²) >= 11 is 0. The van der Waals surface area contributed by atoms with E-state index in [0.717, 1.165) is 37.6 Å². The minimum absolute atomic E-state index is 0.836. The van der Waals surface area contributed by atoms with Gasteiger partial charge < -0.3 is 15.4 Å². The van der Waals surface area contributed by atoms with Gasteiger partial charge in [0, 0.05) is 20.1 Å². The van der Waals surface area contributed by atoms with Crippen LogP contribution >= 0.6 is 0 Å². The second kappa shape index (κ2) is 9.93. The number of guanidine groups is 1. The Labute approximate surface area is 140 Å². The molecule has 4 nitrogen and oxygen atoms in total. The predicted octanol–water partition coefficient (Wildman–Crippen LogP) is 3.29. The highest BCUT2D eigenvalue weighted by molar-refractivity contribution is 5.79. The van der Waals surface area contributed by atoms with E-state index in [9.17, 15) is 0 Å². The average Bonchev–Trinajstić information content (AvgIpc) is 2.61. The fourth-order valence-electron chi connectivity index (χ4n) is 2.92.